The van der Waals surface area contributed by atoms with Crippen molar-refractivity contribution in [1.82, 2.24) is 10.2 Å². The Labute approximate surface area is 139 Å². The van der Waals surface area contributed by atoms with E-state index in [1.54, 1.807) is 6.07 Å². The highest BCUT2D eigenvalue weighted by atomic mass is 19.4. The number of carbonyl (C=O) groups is 1. The molecule has 3 rings (SSSR count). The third-order valence-corrected chi connectivity index (χ3v) is 4.62. The highest BCUT2D eigenvalue weighted by Gasteiger charge is 2.47. The maximum absolute atomic E-state index is 13.1. The van der Waals surface area contributed by atoms with Gasteiger partial charge in [0.1, 0.15) is 0 Å². The summed E-state index contributed by atoms with van der Waals surface area (Å²) in [6, 6.07) is 5.54. The van der Waals surface area contributed by atoms with Crippen molar-refractivity contribution in [2.75, 3.05) is 39.4 Å². The SMILES string of the molecule is O=C(NCCN1CCOCC1)C1CC1c1ccccc1C(F)(F)F. The molecule has 1 saturated heterocycles. The summed E-state index contributed by atoms with van der Waals surface area (Å²) in [5.41, 5.74) is -0.392. The fraction of sp³-hybridized carbons (Fsp3) is 0.588. The van der Waals surface area contributed by atoms with Crippen LogP contribution in [0, 0.1) is 5.92 Å². The van der Waals surface area contributed by atoms with Gasteiger partial charge in [-0.15, -0.1) is 0 Å². The molecule has 2 atom stereocenters. The van der Waals surface area contributed by atoms with E-state index in [1.165, 1.54) is 12.1 Å². The van der Waals surface area contributed by atoms with Gasteiger partial charge in [-0.05, 0) is 24.0 Å². The minimum Gasteiger partial charge on any atom is -0.379 e. The van der Waals surface area contributed by atoms with Crippen molar-refractivity contribution < 1.29 is 22.7 Å². The average Bonchev–Trinajstić information content (AvgIpc) is 3.36. The Hall–Kier alpha value is -1.60. The van der Waals surface area contributed by atoms with Crippen LogP contribution in [0.5, 0.6) is 0 Å². The molecule has 0 aromatic heterocycles. The fourth-order valence-electron chi connectivity index (χ4n) is 3.20. The van der Waals surface area contributed by atoms with Crippen LogP contribution in [0.2, 0.25) is 0 Å². The molecule has 132 valence electrons. The van der Waals surface area contributed by atoms with Gasteiger partial charge in [-0.3, -0.25) is 9.69 Å². The summed E-state index contributed by atoms with van der Waals surface area (Å²) in [5, 5.41) is 2.85. The molecule has 2 fully saturated rings. The van der Waals surface area contributed by atoms with Crippen LogP contribution < -0.4 is 5.32 Å². The molecule has 2 unspecified atom stereocenters. The molecule has 1 amide bonds. The Kier molecular flexibility index (Phi) is 5.10. The number of morpholine rings is 1. The maximum Gasteiger partial charge on any atom is 0.416 e. The van der Waals surface area contributed by atoms with E-state index in [0.29, 0.717) is 26.2 Å². The minimum atomic E-state index is -4.38. The Balaban J connectivity index is 1.51. The summed E-state index contributed by atoms with van der Waals surface area (Å²) in [6.45, 7) is 4.36. The molecule has 0 radical (unpaired) electrons. The molecule has 0 spiro atoms. The predicted octanol–water partition coefficient (Wildman–Crippen LogP) is 2.26. The van der Waals surface area contributed by atoms with Crippen molar-refractivity contribution in [2.45, 2.75) is 18.5 Å². The van der Waals surface area contributed by atoms with Gasteiger partial charge in [0.25, 0.3) is 0 Å². The number of alkyl halides is 3. The lowest BCUT2D eigenvalue weighted by atomic mass is 10.0. The number of ether oxygens (including phenoxy) is 1. The van der Waals surface area contributed by atoms with E-state index in [1.807, 2.05) is 0 Å². The molecule has 7 heteroatoms. The second kappa shape index (κ2) is 7.11. The standard InChI is InChI=1S/C17H21F3N2O2/c18-17(19,20)15-4-2-1-3-12(15)13-11-14(13)16(23)21-5-6-22-7-9-24-10-8-22/h1-4,13-14H,5-11H2,(H,21,23). The zero-order valence-electron chi connectivity index (χ0n) is 13.3. The molecule has 1 N–H and O–H groups in total. The number of hydrogen-bond donors (Lipinski definition) is 1. The number of rotatable bonds is 5. The Bertz CT molecular complexity index is 585. The molecule has 4 nitrogen and oxygen atoms in total. The topological polar surface area (TPSA) is 41.6 Å². The van der Waals surface area contributed by atoms with Gasteiger partial charge < -0.3 is 10.1 Å². The molecular weight excluding hydrogens is 321 g/mol. The summed E-state index contributed by atoms with van der Waals surface area (Å²) in [5.74, 6) is -0.824. The zero-order valence-corrected chi connectivity index (χ0v) is 13.3. The lowest BCUT2D eigenvalue weighted by Gasteiger charge is -2.26. The smallest absolute Gasteiger partial charge is 0.379 e. The van der Waals surface area contributed by atoms with E-state index >= 15 is 0 Å². The van der Waals surface area contributed by atoms with E-state index in [2.05, 4.69) is 10.2 Å². The first-order chi connectivity index (χ1) is 11.5. The average molecular weight is 342 g/mol. The lowest BCUT2D eigenvalue weighted by Crippen LogP contribution is -2.41. The van der Waals surface area contributed by atoms with E-state index < -0.39 is 11.7 Å². The number of carbonyl (C=O) groups excluding carboxylic acids is 1. The highest BCUT2D eigenvalue weighted by Crippen LogP contribution is 2.50. The molecule has 1 aliphatic carbocycles. The van der Waals surface area contributed by atoms with Crippen LogP contribution in [0.3, 0.4) is 0 Å². The molecule has 1 aromatic carbocycles. The molecule has 0 bridgehead atoms. The molecule has 24 heavy (non-hydrogen) atoms. The summed E-state index contributed by atoms with van der Waals surface area (Å²) in [7, 11) is 0. The van der Waals surface area contributed by atoms with E-state index in [0.717, 1.165) is 25.7 Å². The number of amides is 1. The third kappa shape index (κ3) is 4.08. The number of hydrogen-bond acceptors (Lipinski definition) is 3. The van der Waals surface area contributed by atoms with Crippen molar-refractivity contribution >= 4 is 5.91 Å². The first-order valence-corrected chi connectivity index (χ1v) is 8.21. The number of nitrogens with one attached hydrogen (secondary N) is 1. The lowest BCUT2D eigenvalue weighted by molar-refractivity contribution is -0.138. The largest absolute Gasteiger partial charge is 0.416 e. The van der Waals surface area contributed by atoms with Crippen molar-refractivity contribution in [3.05, 3.63) is 35.4 Å². The van der Waals surface area contributed by atoms with Crippen LogP contribution in [0.25, 0.3) is 0 Å². The second-order valence-corrected chi connectivity index (χ2v) is 6.28. The van der Waals surface area contributed by atoms with Gasteiger partial charge in [0.2, 0.25) is 5.91 Å². The summed E-state index contributed by atoms with van der Waals surface area (Å²) in [4.78, 5) is 14.4. The second-order valence-electron chi connectivity index (χ2n) is 6.28. The molecule has 1 heterocycles. The first kappa shape index (κ1) is 17.2. The third-order valence-electron chi connectivity index (χ3n) is 4.62. The molecular formula is C17H21F3N2O2. The summed E-state index contributed by atoms with van der Waals surface area (Å²) in [6.07, 6.45) is -3.90. The van der Waals surface area contributed by atoms with E-state index in [9.17, 15) is 18.0 Å². The molecule has 1 aromatic rings. The quantitative estimate of drug-likeness (QED) is 0.892. The van der Waals surface area contributed by atoms with Crippen molar-refractivity contribution in [2.24, 2.45) is 5.92 Å². The number of nitrogens with zero attached hydrogens (tertiary/aromatic N) is 1. The predicted molar refractivity (Wildman–Crippen MR) is 82.6 cm³/mol. The van der Waals surface area contributed by atoms with Gasteiger partial charge in [0.05, 0.1) is 18.8 Å². The molecule has 1 saturated carbocycles. The van der Waals surface area contributed by atoms with Crippen molar-refractivity contribution in [1.29, 1.82) is 0 Å². The summed E-state index contributed by atoms with van der Waals surface area (Å²) < 4.78 is 44.4. The van der Waals surface area contributed by atoms with Crippen LogP contribution in [0.15, 0.2) is 24.3 Å². The Morgan fingerprint density at radius 2 is 1.96 bits per heavy atom. The van der Waals surface area contributed by atoms with Gasteiger partial charge in [0.15, 0.2) is 0 Å². The van der Waals surface area contributed by atoms with Crippen LogP contribution in [-0.4, -0.2) is 50.2 Å². The Morgan fingerprint density at radius 3 is 2.67 bits per heavy atom. The molecule has 1 aliphatic heterocycles. The van der Waals surface area contributed by atoms with Crippen LogP contribution in [-0.2, 0) is 15.7 Å². The monoisotopic (exact) mass is 342 g/mol. The maximum atomic E-state index is 13.1. The van der Waals surface area contributed by atoms with Crippen molar-refractivity contribution in [3.8, 4) is 0 Å². The van der Waals surface area contributed by atoms with E-state index in [-0.39, 0.29) is 23.3 Å². The number of halogens is 3. The van der Waals surface area contributed by atoms with Crippen LogP contribution in [0.4, 0.5) is 13.2 Å². The van der Waals surface area contributed by atoms with Gasteiger partial charge in [-0.2, -0.15) is 13.2 Å². The summed E-state index contributed by atoms with van der Waals surface area (Å²) >= 11 is 0. The van der Waals surface area contributed by atoms with Crippen molar-refractivity contribution in [3.63, 3.8) is 0 Å². The fourth-order valence-corrected chi connectivity index (χ4v) is 3.20. The number of benzene rings is 1. The van der Waals surface area contributed by atoms with Gasteiger partial charge >= 0.3 is 6.18 Å². The molecule has 2 aliphatic rings. The van der Waals surface area contributed by atoms with E-state index in [4.69, 9.17) is 4.74 Å². The highest BCUT2D eigenvalue weighted by molar-refractivity contribution is 5.83. The normalized spacial score (nSPS) is 24.6. The van der Waals surface area contributed by atoms with Crippen LogP contribution in [0.1, 0.15) is 23.5 Å². The van der Waals surface area contributed by atoms with Gasteiger partial charge in [-0.25, -0.2) is 0 Å². The van der Waals surface area contributed by atoms with Gasteiger partial charge in [-0.1, -0.05) is 18.2 Å². The Morgan fingerprint density at radius 1 is 1.25 bits per heavy atom. The zero-order chi connectivity index (χ0) is 17.2. The first-order valence-electron chi connectivity index (χ1n) is 8.21. The van der Waals surface area contributed by atoms with Gasteiger partial charge in [0, 0.05) is 32.1 Å². The van der Waals surface area contributed by atoms with Crippen LogP contribution >= 0.6 is 0 Å². The minimum absolute atomic E-state index is 0.148.